The summed E-state index contributed by atoms with van der Waals surface area (Å²) < 4.78 is 0.959. The number of carbonyl (C=O) groups excluding carboxylic acids is 1. The first kappa shape index (κ1) is 16.9. The zero-order valence-electron chi connectivity index (χ0n) is 13.9. The lowest BCUT2D eigenvalue weighted by Crippen LogP contribution is -2.35. The van der Waals surface area contributed by atoms with Crippen LogP contribution in [0.15, 0.2) is 34.8 Å². The molecule has 0 aliphatic carbocycles. The summed E-state index contributed by atoms with van der Waals surface area (Å²) in [5.41, 5.74) is 2.17. The molecule has 1 aliphatic heterocycles. The SMILES string of the molecule is Cc1ccc(NC(=O)c2ccc(N3CCCC(C)C3)nn2)cc1Br. The van der Waals surface area contributed by atoms with E-state index < -0.39 is 0 Å². The molecule has 1 aliphatic rings. The third-order valence-electron chi connectivity index (χ3n) is 4.29. The number of aromatic nitrogens is 2. The van der Waals surface area contributed by atoms with Gasteiger partial charge in [0.25, 0.3) is 5.91 Å². The van der Waals surface area contributed by atoms with Crippen LogP contribution in [0.1, 0.15) is 35.8 Å². The van der Waals surface area contributed by atoms with Gasteiger partial charge in [0, 0.05) is 23.2 Å². The topological polar surface area (TPSA) is 58.1 Å². The molecule has 1 aromatic carbocycles. The molecule has 2 heterocycles. The van der Waals surface area contributed by atoms with Gasteiger partial charge in [-0.1, -0.05) is 28.9 Å². The Morgan fingerprint density at radius 3 is 2.79 bits per heavy atom. The summed E-state index contributed by atoms with van der Waals surface area (Å²) in [7, 11) is 0. The maximum absolute atomic E-state index is 12.3. The van der Waals surface area contributed by atoms with Gasteiger partial charge in [-0.3, -0.25) is 4.79 Å². The molecule has 0 bridgehead atoms. The van der Waals surface area contributed by atoms with Crippen molar-refractivity contribution in [1.29, 1.82) is 0 Å². The Morgan fingerprint density at radius 2 is 2.12 bits per heavy atom. The summed E-state index contributed by atoms with van der Waals surface area (Å²) in [6, 6.07) is 9.32. The number of benzene rings is 1. The number of halogens is 1. The van der Waals surface area contributed by atoms with E-state index >= 15 is 0 Å². The molecule has 1 N–H and O–H groups in total. The van der Waals surface area contributed by atoms with Crippen molar-refractivity contribution in [3.8, 4) is 0 Å². The van der Waals surface area contributed by atoms with Crippen LogP contribution in [0.5, 0.6) is 0 Å². The third-order valence-corrected chi connectivity index (χ3v) is 5.15. The highest BCUT2D eigenvalue weighted by Gasteiger charge is 2.18. The largest absolute Gasteiger partial charge is 0.355 e. The summed E-state index contributed by atoms with van der Waals surface area (Å²) in [5, 5.41) is 11.2. The number of anilines is 2. The summed E-state index contributed by atoms with van der Waals surface area (Å²) in [6.45, 7) is 6.25. The lowest BCUT2D eigenvalue weighted by molar-refractivity contribution is 0.102. The molecule has 1 fully saturated rings. The molecule has 1 unspecified atom stereocenters. The lowest BCUT2D eigenvalue weighted by atomic mass is 10.0. The van der Waals surface area contributed by atoms with E-state index in [9.17, 15) is 4.79 Å². The fourth-order valence-corrected chi connectivity index (χ4v) is 3.26. The summed E-state index contributed by atoms with van der Waals surface area (Å²) in [4.78, 5) is 14.5. The first-order valence-electron chi connectivity index (χ1n) is 8.19. The zero-order valence-corrected chi connectivity index (χ0v) is 15.5. The van der Waals surface area contributed by atoms with E-state index in [1.54, 1.807) is 6.07 Å². The van der Waals surface area contributed by atoms with E-state index in [-0.39, 0.29) is 5.91 Å². The van der Waals surface area contributed by atoms with Crippen molar-refractivity contribution >= 4 is 33.3 Å². The molecule has 3 rings (SSSR count). The minimum Gasteiger partial charge on any atom is -0.355 e. The van der Waals surface area contributed by atoms with Gasteiger partial charge in [-0.05, 0) is 55.5 Å². The second-order valence-corrected chi connectivity index (χ2v) is 7.24. The van der Waals surface area contributed by atoms with E-state index in [2.05, 4.69) is 43.3 Å². The van der Waals surface area contributed by atoms with Crippen molar-refractivity contribution in [3.63, 3.8) is 0 Å². The van der Waals surface area contributed by atoms with E-state index in [0.717, 1.165) is 34.6 Å². The average molecular weight is 389 g/mol. The summed E-state index contributed by atoms with van der Waals surface area (Å²) >= 11 is 3.47. The van der Waals surface area contributed by atoms with Crippen molar-refractivity contribution in [2.75, 3.05) is 23.3 Å². The quantitative estimate of drug-likeness (QED) is 0.861. The molecule has 6 heteroatoms. The monoisotopic (exact) mass is 388 g/mol. The van der Waals surface area contributed by atoms with Gasteiger partial charge >= 0.3 is 0 Å². The molecule has 1 aromatic heterocycles. The predicted molar refractivity (Wildman–Crippen MR) is 99.5 cm³/mol. The maximum Gasteiger partial charge on any atom is 0.276 e. The highest BCUT2D eigenvalue weighted by atomic mass is 79.9. The van der Waals surface area contributed by atoms with E-state index in [0.29, 0.717) is 11.6 Å². The molecule has 2 aromatic rings. The molecule has 1 saturated heterocycles. The highest BCUT2D eigenvalue weighted by Crippen LogP contribution is 2.22. The van der Waals surface area contributed by atoms with Crippen LogP contribution in [-0.4, -0.2) is 29.2 Å². The highest BCUT2D eigenvalue weighted by molar-refractivity contribution is 9.10. The Kier molecular flexibility index (Phi) is 5.14. The molecule has 5 nitrogen and oxygen atoms in total. The number of nitrogens with one attached hydrogen (secondary N) is 1. The fourth-order valence-electron chi connectivity index (χ4n) is 2.88. The number of carbonyl (C=O) groups is 1. The van der Waals surface area contributed by atoms with Crippen LogP contribution in [0.25, 0.3) is 0 Å². The third kappa shape index (κ3) is 3.93. The van der Waals surface area contributed by atoms with Crippen LogP contribution in [0.4, 0.5) is 11.5 Å². The normalized spacial score (nSPS) is 17.6. The summed E-state index contributed by atoms with van der Waals surface area (Å²) in [5.74, 6) is 1.26. The second-order valence-electron chi connectivity index (χ2n) is 6.39. The van der Waals surface area contributed by atoms with Gasteiger partial charge in [-0.2, -0.15) is 0 Å². The van der Waals surface area contributed by atoms with E-state index in [1.165, 1.54) is 12.8 Å². The number of rotatable bonds is 3. The smallest absolute Gasteiger partial charge is 0.276 e. The molecular formula is C18H21BrN4O. The van der Waals surface area contributed by atoms with Gasteiger partial charge < -0.3 is 10.2 Å². The molecule has 1 atom stereocenters. The first-order valence-corrected chi connectivity index (χ1v) is 8.98. The minimum atomic E-state index is -0.253. The molecule has 0 spiro atoms. The molecule has 126 valence electrons. The molecule has 1 amide bonds. The molecule has 0 saturated carbocycles. The second kappa shape index (κ2) is 7.30. The van der Waals surface area contributed by atoms with Gasteiger partial charge in [0.15, 0.2) is 11.5 Å². The fraction of sp³-hybridized carbons (Fsp3) is 0.389. The molecular weight excluding hydrogens is 368 g/mol. The Bertz CT molecular complexity index is 732. The van der Waals surface area contributed by atoms with Gasteiger partial charge in [-0.25, -0.2) is 0 Å². The standard InChI is InChI=1S/C18H21BrN4O/c1-12-4-3-9-23(11-12)17-8-7-16(21-22-17)18(24)20-14-6-5-13(2)15(19)10-14/h5-8,10,12H,3-4,9,11H2,1-2H3,(H,20,24). The van der Waals surface area contributed by atoms with Gasteiger partial charge in [0.05, 0.1) is 0 Å². The molecule has 24 heavy (non-hydrogen) atoms. The van der Waals surface area contributed by atoms with E-state index in [1.807, 2.05) is 31.2 Å². The Labute approximate surface area is 150 Å². The van der Waals surface area contributed by atoms with E-state index in [4.69, 9.17) is 0 Å². The van der Waals surface area contributed by atoms with Crippen molar-refractivity contribution < 1.29 is 4.79 Å². The Balaban J connectivity index is 1.68. The van der Waals surface area contributed by atoms with Crippen LogP contribution in [0, 0.1) is 12.8 Å². The number of aryl methyl sites for hydroxylation is 1. The van der Waals surface area contributed by atoms with Gasteiger partial charge in [0.1, 0.15) is 0 Å². The van der Waals surface area contributed by atoms with Gasteiger partial charge in [0.2, 0.25) is 0 Å². The van der Waals surface area contributed by atoms with Crippen molar-refractivity contribution in [2.45, 2.75) is 26.7 Å². The Hall–Kier alpha value is -1.95. The lowest BCUT2D eigenvalue weighted by Gasteiger charge is -2.31. The van der Waals surface area contributed by atoms with Gasteiger partial charge in [-0.15, -0.1) is 10.2 Å². The summed E-state index contributed by atoms with van der Waals surface area (Å²) in [6.07, 6.45) is 2.43. The van der Waals surface area contributed by atoms with Crippen molar-refractivity contribution in [3.05, 3.63) is 46.1 Å². The molecule has 0 radical (unpaired) electrons. The van der Waals surface area contributed by atoms with Crippen LogP contribution in [0.3, 0.4) is 0 Å². The number of nitrogens with zero attached hydrogens (tertiary/aromatic N) is 3. The van der Waals surface area contributed by atoms with Crippen LogP contribution < -0.4 is 10.2 Å². The van der Waals surface area contributed by atoms with Crippen molar-refractivity contribution in [1.82, 2.24) is 10.2 Å². The zero-order chi connectivity index (χ0) is 17.1. The number of amides is 1. The van der Waals surface area contributed by atoms with Crippen LogP contribution in [-0.2, 0) is 0 Å². The Morgan fingerprint density at radius 1 is 1.29 bits per heavy atom. The first-order chi connectivity index (χ1) is 11.5. The van der Waals surface area contributed by atoms with Crippen LogP contribution in [0.2, 0.25) is 0 Å². The number of hydrogen-bond donors (Lipinski definition) is 1. The average Bonchev–Trinajstić information content (AvgIpc) is 2.58. The van der Waals surface area contributed by atoms with Crippen molar-refractivity contribution in [2.24, 2.45) is 5.92 Å². The number of piperidine rings is 1. The maximum atomic E-state index is 12.3. The minimum absolute atomic E-state index is 0.253. The predicted octanol–water partition coefficient (Wildman–Crippen LogP) is 4.04. The number of hydrogen-bond acceptors (Lipinski definition) is 4. The van der Waals surface area contributed by atoms with Crippen LogP contribution >= 0.6 is 15.9 Å².